The van der Waals surface area contributed by atoms with Gasteiger partial charge in [-0.2, -0.15) is 0 Å². The Kier molecular flexibility index (Phi) is 8.81. The topological polar surface area (TPSA) is 96.5 Å². The molecule has 1 aliphatic rings. The largest absolute Gasteiger partial charge is 0.377 e. The Morgan fingerprint density at radius 2 is 2.00 bits per heavy atom. The van der Waals surface area contributed by atoms with Gasteiger partial charge in [0.2, 0.25) is 10.0 Å². The van der Waals surface area contributed by atoms with Gasteiger partial charge in [-0.15, -0.1) is 12.4 Å². The van der Waals surface area contributed by atoms with Gasteiger partial charge in [0.05, 0.1) is 11.0 Å². The van der Waals surface area contributed by atoms with Crippen LogP contribution in [0, 0.1) is 0 Å². The molecule has 3 N–H and O–H groups in total. The lowest BCUT2D eigenvalue weighted by atomic mass is 10.2. The standard InChI is InChI=1S/C16H25N3O4S.ClH/c1-12(17-2)10-18-16(20)13-5-7-15(8-6-13)24(21,22)19-11-14-4-3-9-23-14;/h5-8,12,14,17,19H,3-4,9-11H2,1-2H3,(H,18,20);1H. The molecule has 25 heavy (non-hydrogen) atoms. The van der Waals surface area contributed by atoms with Crippen LogP contribution in [-0.2, 0) is 14.8 Å². The zero-order valence-electron chi connectivity index (χ0n) is 14.4. The molecule has 1 heterocycles. The molecule has 0 aliphatic carbocycles. The molecular formula is C16H26ClN3O4S. The van der Waals surface area contributed by atoms with E-state index in [1.165, 1.54) is 24.3 Å². The summed E-state index contributed by atoms with van der Waals surface area (Å²) in [6, 6.07) is 6.07. The second-order valence-electron chi connectivity index (χ2n) is 5.91. The number of nitrogens with one attached hydrogen (secondary N) is 3. The van der Waals surface area contributed by atoms with Crippen molar-refractivity contribution in [3.8, 4) is 0 Å². The molecule has 2 unspecified atom stereocenters. The summed E-state index contributed by atoms with van der Waals surface area (Å²) in [6.45, 7) is 3.41. The van der Waals surface area contributed by atoms with Crippen molar-refractivity contribution < 1.29 is 17.9 Å². The molecule has 0 radical (unpaired) electrons. The first-order valence-electron chi connectivity index (χ1n) is 8.09. The lowest BCUT2D eigenvalue weighted by molar-refractivity contribution is 0.0950. The van der Waals surface area contributed by atoms with E-state index in [2.05, 4.69) is 15.4 Å². The summed E-state index contributed by atoms with van der Waals surface area (Å²) in [4.78, 5) is 12.1. The molecular weight excluding hydrogens is 366 g/mol. The number of likely N-dealkylation sites (N-methyl/N-ethyl adjacent to an activating group) is 1. The van der Waals surface area contributed by atoms with Crippen LogP contribution in [0.3, 0.4) is 0 Å². The number of amides is 1. The minimum absolute atomic E-state index is 0. The van der Waals surface area contributed by atoms with Crippen LogP contribution < -0.4 is 15.4 Å². The molecule has 1 saturated heterocycles. The van der Waals surface area contributed by atoms with E-state index in [4.69, 9.17) is 4.74 Å². The normalized spacial score (nSPS) is 18.4. The van der Waals surface area contributed by atoms with E-state index >= 15 is 0 Å². The number of hydrogen-bond acceptors (Lipinski definition) is 5. The monoisotopic (exact) mass is 391 g/mol. The van der Waals surface area contributed by atoms with E-state index in [0.29, 0.717) is 18.7 Å². The van der Waals surface area contributed by atoms with Gasteiger partial charge in [-0.05, 0) is 51.1 Å². The molecule has 0 aromatic heterocycles. The minimum atomic E-state index is -3.59. The average Bonchev–Trinajstić information content (AvgIpc) is 3.11. The van der Waals surface area contributed by atoms with E-state index in [-0.39, 0.29) is 41.9 Å². The molecule has 142 valence electrons. The summed E-state index contributed by atoms with van der Waals surface area (Å²) in [5, 5.41) is 5.81. The number of rotatable bonds is 8. The second kappa shape index (κ2) is 10.1. The van der Waals surface area contributed by atoms with Crippen LogP contribution in [0.5, 0.6) is 0 Å². The third-order valence-corrected chi connectivity index (χ3v) is 5.45. The molecule has 0 spiro atoms. The van der Waals surface area contributed by atoms with Crippen molar-refractivity contribution in [3.63, 3.8) is 0 Å². The Morgan fingerprint density at radius 1 is 1.32 bits per heavy atom. The molecule has 1 fully saturated rings. The van der Waals surface area contributed by atoms with Crippen molar-refractivity contribution in [2.45, 2.75) is 36.8 Å². The number of benzene rings is 1. The summed E-state index contributed by atoms with van der Waals surface area (Å²) < 4.78 is 32.5. The molecule has 0 saturated carbocycles. The van der Waals surface area contributed by atoms with Gasteiger partial charge in [0, 0.05) is 31.3 Å². The number of halogens is 1. The maximum absolute atomic E-state index is 12.2. The molecule has 1 aromatic carbocycles. The van der Waals surface area contributed by atoms with Crippen molar-refractivity contribution in [1.82, 2.24) is 15.4 Å². The highest BCUT2D eigenvalue weighted by Gasteiger charge is 2.20. The molecule has 2 atom stereocenters. The van der Waals surface area contributed by atoms with Gasteiger partial charge in [0.1, 0.15) is 0 Å². The Bertz CT molecular complexity index is 646. The van der Waals surface area contributed by atoms with Crippen LogP contribution in [0.25, 0.3) is 0 Å². The molecule has 2 rings (SSSR count). The van der Waals surface area contributed by atoms with Crippen LogP contribution >= 0.6 is 12.4 Å². The molecule has 0 bridgehead atoms. The molecule has 1 aliphatic heterocycles. The number of ether oxygens (including phenoxy) is 1. The fourth-order valence-corrected chi connectivity index (χ4v) is 3.39. The molecule has 9 heteroatoms. The van der Waals surface area contributed by atoms with Gasteiger partial charge < -0.3 is 15.4 Å². The number of sulfonamides is 1. The Balaban J connectivity index is 0.00000312. The number of carbonyl (C=O) groups excluding carboxylic acids is 1. The van der Waals surface area contributed by atoms with Crippen LogP contribution in [-0.4, -0.2) is 53.2 Å². The second-order valence-corrected chi connectivity index (χ2v) is 7.68. The average molecular weight is 392 g/mol. The summed E-state index contributed by atoms with van der Waals surface area (Å²) in [5.41, 5.74) is 0.427. The maximum Gasteiger partial charge on any atom is 0.251 e. The Morgan fingerprint density at radius 3 is 2.56 bits per heavy atom. The lowest BCUT2D eigenvalue weighted by Gasteiger charge is -2.13. The summed E-state index contributed by atoms with van der Waals surface area (Å²) in [5.74, 6) is -0.228. The van der Waals surface area contributed by atoms with Gasteiger partial charge in [-0.25, -0.2) is 13.1 Å². The highest BCUT2D eigenvalue weighted by Crippen LogP contribution is 2.14. The van der Waals surface area contributed by atoms with Crippen molar-refractivity contribution in [2.75, 3.05) is 26.7 Å². The van der Waals surface area contributed by atoms with Crippen LogP contribution in [0.15, 0.2) is 29.2 Å². The van der Waals surface area contributed by atoms with Gasteiger partial charge in [0.25, 0.3) is 5.91 Å². The van der Waals surface area contributed by atoms with E-state index in [0.717, 1.165) is 12.8 Å². The highest BCUT2D eigenvalue weighted by molar-refractivity contribution is 7.89. The van der Waals surface area contributed by atoms with Crippen molar-refractivity contribution in [1.29, 1.82) is 0 Å². The Hall–Kier alpha value is -1.19. The Labute approximate surface area is 155 Å². The summed E-state index contributed by atoms with van der Waals surface area (Å²) >= 11 is 0. The third kappa shape index (κ3) is 6.56. The van der Waals surface area contributed by atoms with E-state index in [9.17, 15) is 13.2 Å². The van der Waals surface area contributed by atoms with Gasteiger partial charge in [-0.1, -0.05) is 0 Å². The van der Waals surface area contributed by atoms with Crippen molar-refractivity contribution in [3.05, 3.63) is 29.8 Å². The maximum atomic E-state index is 12.2. The third-order valence-electron chi connectivity index (χ3n) is 4.01. The van der Waals surface area contributed by atoms with Crippen LogP contribution in [0.1, 0.15) is 30.1 Å². The number of hydrogen-bond donors (Lipinski definition) is 3. The van der Waals surface area contributed by atoms with Gasteiger partial charge in [0.15, 0.2) is 0 Å². The number of carbonyl (C=O) groups is 1. The van der Waals surface area contributed by atoms with Crippen LogP contribution in [0.2, 0.25) is 0 Å². The smallest absolute Gasteiger partial charge is 0.251 e. The summed E-state index contributed by atoms with van der Waals surface area (Å²) in [7, 11) is -1.77. The fraction of sp³-hybridized carbons (Fsp3) is 0.562. The molecule has 7 nitrogen and oxygen atoms in total. The first-order valence-corrected chi connectivity index (χ1v) is 9.57. The van der Waals surface area contributed by atoms with E-state index in [1.54, 1.807) is 0 Å². The predicted octanol–water partition coefficient (Wildman–Crippen LogP) is 0.903. The molecule has 1 aromatic rings. The first kappa shape index (κ1) is 21.9. The minimum Gasteiger partial charge on any atom is -0.377 e. The van der Waals surface area contributed by atoms with Crippen molar-refractivity contribution in [2.24, 2.45) is 0 Å². The van der Waals surface area contributed by atoms with E-state index < -0.39 is 10.0 Å². The quantitative estimate of drug-likeness (QED) is 0.612. The van der Waals surface area contributed by atoms with Gasteiger partial charge in [-0.3, -0.25) is 4.79 Å². The fourth-order valence-electron chi connectivity index (χ4n) is 2.33. The summed E-state index contributed by atoms with van der Waals surface area (Å²) in [6.07, 6.45) is 1.77. The SMILES string of the molecule is CNC(C)CNC(=O)c1ccc(S(=O)(=O)NCC2CCCO2)cc1.Cl. The van der Waals surface area contributed by atoms with Crippen LogP contribution in [0.4, 0.5) is 0 Å². The molecule has 1 amide bonds. The van der Waals surface area contributed by atoms with Crippen molar-refractivity contribution >= 4 is 28.3 Å². The zero-order valence-corrected chi connectivity index (χ0v) is 16.1. The highest BCUT2D eigenvalue weighted by atomic mass is 35.5. The zero-order chi connectivity index (χ0) is 17.6. The van der Waals surface area contributed by atoms with Gasteiger partial charge >= 0.3 is 0 Å². The predicted molar refractivity (Wildman–Crippen MR) is 98.7 cm³/mol. The van der Waals surface area contributed by atoms with E-state index in [1.807, 2.05) is 14.0 Å². The lowest BCUT2D eigenvalue weighted by Crippen LogP contribution is -2.37. The first-order chi connectivity index (χ1) is 11.4.